The Morgan fingerprint density at radius 2 is 2.15 bits per heavy atom. The molecule has 2 nitrogen and oxygen atoms in total. The van der Waals surface area contributed by atoms with Crippen molar-refractivity contribution in [3.05, 3.63) is 35.4 Å². The molecule has 0 radical (unpaired) electrons. The summed E-state index contributed by atoms with van der Waals surface area (Å²) in [4.78, 5) is 2.25. The second-order valence-corrected chi connectivity index (χ2v) is 6.18. The lowest BCUT2D eigenvalue weighted by molar-refractivity contribution is 0.308. The second-order valence-electron chi connectivity index (χ2n) is 6.18. The molecule has 0 aromatic heterocycles. The zero-order valence-corrected chi connectivity index (χ0v) is 12.3. The molecule has 0 aliphatic carbocycles. The molecule has 1 fully saturated rings. The molecule has 1 N–H and O–H groups in total. The molecule has 20 heavy (non-hydrogen) atoms. The van der Waals surface area contributed by atoms with E-state index in [1.165, 1.54) is 6.07 Å². The van der Waals surface area contributed by atoms with Crippen LogP contribution in [-0.2, 0) is 6.54 Å². The summed E-state index contributed by atoms with van der Waals surface area (Å²) < 4.78 is 26.5. The van der Waals surface area contributed by atoms with Crippen molar-refractivity contribution in [2.45, 2.75) is 26.8 Å². The van der Waals surface area contributed by atoms with Crippen molar-refractivity contribution in [1.82, 2.24) is 10.2 Å². The van der Waals surface area contributed by atoms with E-state index in [2.05, 4.69) is 24.1 Å². The Labute approximate surface area is 120 Å². The van der Waals surface area contributed by atoms with Crippen molar-refractivity contribution in [3.63, 3.8) is 0 Å². The first-order valence-electron chi connectivity index (χ1n) is 7.41. The van der Waals surface area contributed by atoms with Gasteiger partial charge in [-0.2, -0.15) is 0 Å². The zero-order valence-electron chi connectivity index (χ0n) is 12.3. The third-order valence-electron chi connectivity index (χ3n) is 3.76. The number of likely N-dealkylation sites (tertiary alicyclic amines) is 1. The van der Waals surface area contributed by atoms with Crippen LogP contribution >= 0.6 is 0 Å². The van der Waals surface area contributed by atoms with Crippen LogP contribution in [0.25, 0.3) is 0 Å². The van der Waals surface area contributed by atoms with Crippen LogP contribution in [0.4, 0.5) is 8.78 Å². The van der Waals surface area contributed by atoms with E-state index >= 15 is 0 Å². The summed E-state index contributed by atoms with van der Waals surface area (Å²) in [7, 11) is 0. The Kier molecular flexibility index (Phi) is 5.49. The van der Waals surface area contributed by atoms with E-state index in [0.717, 1.165) is 38.7 Å². The van der Waals surface area contributed by atoms with Crippen molar-refractivity contribution in [2.24, 2.45) is 11.8 Å². The fourth-order valence-electron chi connectivity index (χ4n) is 2.69. The third-order valence-corrected chi connectivity index (χ3v) is 3.76. The van der Waals surface area contributed by atoms with Crippen LogP contribution in [0, 0.1) is 23.5 Å². The highest BCUT2D eigenvalue weighted by Gasteiger charge is 2.22. The number of rotatable bonds is 6. The first kappa shape index (κ1) is 15.4. The van der Waals surface area contributed by atoms with Crippen molar-refractivity contribution in [3.8, 4) is 0 Å². The molecule has 0 saturated carbocycles. The van der Waals surface area contributed by atoms with Crippen molar-refractivity contribution < 1.29 is 8.78 Å². The summed E-state index contributed by atoms with van der Waals surface area (Å²) in [6.07, 6.45) is 1.15. The fraction of sp³-hybridized carbons (Fsp3) is 0.625. The Bertz CT molecular complexity index is 434. The topological polar surface area (TPSA) is 15.3 Å². The fourth-order valence-corrected chi connectivity index (χ4v) is 2.69. The summed E-state index contributed by atoms with van der Waals surface area (Å²) in [5.74, 6) is 0.355. The van der Waals surface area contributed by atoms with E-state index in [1.807, 2.05) is 0 Å². The molecule has 1 aromatic rings. The van der Waals surface area contributed by atoms with E-state index in [4.69, 9.17) is 0 Å². The van der Waals surface area contributed by atoms with Crippen LogP contribution in [-0.4, -0.2) is 31.1 Å². The molecule has 1 aliphatic heterocycles. The Morgan fingerprint density at radius 1 is 1.35 bits per heavy atom. The number of hydrogen-bond acceptors (Lipinski definition) is 2. The predicted molar refractivity (Wildman–Crippen MR) is 77.4 cm³/mol. The van der Waals surface area contributed by atoms with Gasteiger partial charge in [-0.1, -0.05) is 19.9 Å². The van der Waals surface area contributed by atoms with Crippen LogP contribution in [0.15, 0.2) is 18.2 Å². The number of halogens is 2. The minimum Gasteiger partial charge on any atom is -0.316 e. The second kappa shape index (κ2) is 7.14. The van der Waals surface area contributed by atoms with Gasteiger partial charge in [0.05, 0.1) is 0 Å². The maximum absolute atomic E-state index is 13.6. The monoisotopic (exact) mass is 282 g/mol. The van der Waals surface area contributed by atoms with E-state index in [-0.39, 0.29) is 0 Å². The van der Waals surface area contributed by atoms with Gasteiger partial charge >= 0.3 is 0 Å². The van der Waals surface area contributed by atoms with Crippen LogP contribution in [0.5, 0.6) is 0 Å². The molecule has 1 atom stereocenters. The van der Waals surface area contributed by atoms with E-state index in [0.29, 0.717) is 23.9 Å². The normalized spacial score (nSPS) is 19.9. The average molecular weight is 282 g/mol. The van der Waals surface area contributed by atoms with Gasteiger partial charge in [0.1, 0.15) is 11.6 Å². The SMILES string of the molecule is CC(C)CNCC1CCN(Cc2ccc(F)cc2F)C1. The van der Waals surface area contributed by atoms with Crippen LogP contribution < -0.4 is 5.32 Å². The summed E-state index contributed by atoms with van der Waals surface area (Å²) >= 11 is 0. The number of nitrogens with one attached hydrogen (secondary N) is 1. The molecule has 1 heterocycles. The highest BCUT2D eigenvalue weighted by Crippen LogP contribution is 2.19. The van der Waals surface area contributed by atoms with Gasteiger partial charge in [0, 0.05) is 24.7 Å². The average Bonchev–Trinajstić information content (AvgIpc) is 2.80. The van der Waals surface area contributed by atoms with Gasteiger partial charge in [-0.25, -0.2) is 8.78 Å². The summed E-state index contributed by atoms with van der Waals surface area (Å²) in [5.41, 5.74) is 0.585. The van der Waals surface area contributed by atoms with Crippen molar-refractivity contribution >= 4 is 0 Å². The molecule has 0 spiro atoms. The first-order valence-corrected chi connectivity index (χ1v) is 7.41. The van der Waals surface area contributed by atoms with Gasteiger partial charge in [-0.3, -0.25) is 4.90 Å². The number of nitrogens with zero attached hydrogens (tertiary/aromatic N) is 1. The van der Waals surface area contributed by atoms with E-state index < -0.39 is 11.6 Å². The maximum atomic E-state index is 13.6. The Hall–Kier alpha value is -1.00. The maximum Gasteiger partial charge on any atom is 0.130 e. The molecule has 1 aliphatic rings. The summed E-state index contributed by atoms with van der Waals surface area (Å²) in [6, 6.07) is 3.85. The molecule has 1 aromatic carbocycles. The summed E-state index contributed by atoms with van der Waals surface area (Å²) in [5, 5.41) is 3.48. The summed E-state index contributed by atoms with van der Waals surface area (Å²) in [6.45, 7) is 9.03. The molecule has 2 rings (SSSR count). The van der Waals surface area contributed by atoms with Gasteiger partial charge < -0.3 is 5.32 Å². The van der Waals surface area contributed by atoms with Crippen LogP contribution in [0.3, 0.4) is 0 Å². The van der Waals surface area contributed by atoms with Gasteiger partial charge in [0.2, 0.25) is 0 Å². The molecule has 0 bridgehead atoms. The van der Waals surface area contributed by atoms with E-state index in [1.54, 1.807) is 6.07 Å². The van der Waals surface area contributed by atoms with Gasteiger partial charge in [0.25, 0.3) is 0 Å². The smallest absolute Gasteiger partial charge is 0.130 e. The Balaban J connectivity index is 1.78. The highest BCUT2D eigenvalue weighted by atomic mass is 19.1. The lowest BCUT2D eigenvalue weighted by Gasteiger charge is -2.17. The van der Waals surface area contributed by atoms with E-state index in [9.17, 15) is 8.78 Å². The minimum atomic E-state index is -0.511. The third kappa shape index (κ3) is 4.53. The zero-order chi connectivity index (χ0) is 14.5. The van der Waals surface area contributed by atoms with Crippen LogP contribution in [0.2, 0.25) is 0 Å². The minimum absolute atomic E-state index is 0.439. The lowest BCUT2D eigenvalue weighted by Crippen LogP contribution is -2.28. The molecule has 0 amide bonds. The standard InChI is InChI=1S/C16H24F2N2/c1-12(2)8-19-9-13-5-6-20(10-13)11-14-3-4-15(17)7-16(14)18/h3-4,7,12-13,19H,5-6,8-11H2,1-2H3. The predicted octanol–water partition coefficient (Wildman–Crippen LogP) is 3.03. The van der Waals surface area contributed by atoms with Gasteiger partial charge in [0.15, 0.2) is 0 Å². The molecular weight excluding hydrogens is 258 g/mol. The molecular formula is C16H24F2N2. The van der Waals surface area contributed by atoms with Crippen molar-refractivity contribution in [2.75, 3.05) is 26.2 Å². The number of benzene rings is 1. The number of hydrogen-bond donors (Lipinski definition) is 1. The molecule has 112 valence electrons. The van der Waals surface area contributed by atoms with Crippen molar-refractivity contribution in [1.29, 1.82) is 0 Å². The largest absolute Gasteiger partial charge is 0.316 e. The highest BCUT2D eigenvalue weighted by molar-refractivity contribution is 5.18. The quantitative estimate of drug-likeness (QED) is 0.863. The molecule has 4 heteroatoms. The molecule has 1 saturated heterocycles. The molecule has 1 unspecified atom stereocenters. The first-order chi connectivity index (χ1) is 9.54. The lowest BCUT2D eigenvalue weighted by atomic mass is 10.1. The van der Waals surface area contributed by atoms with Crippen LogP contribution in [0.1, 0.15) is 25.8 Å². The van der Waals surface area contributed by atoms with Gasteiger partial charge in [-0.05, 0) is 44.0 Å². The Morgan fingerprint density at radius 3 is 2.85 bits per heavy atom. The van der Waals surface area contributed by atoms with Gasteiger partial charge in [-0.15, -0.1) is 0 Å².